The lowest BCUT2D eigenvalue weighted by atomic mass is 10.1. The minimum Gasteiger partial charge on any atom is -0.475 e. The van der Waals surface area contributed by atoms with Crippen molar-refractivity contribution in [3.63, 3.8) is 0 Å². The Balaban J connectivity index is 1.88. The van der Waals surface area contributed by atoms with Crippen LogP contribution in [0, 0.1) is 0 Å². The molecule has 0 aliphatic carbocycles. The number of carbonyl (C=O) groups excluding carboxylic acids is 1. The molecule has 1 saturated heterocycles. The van der Waals surface area contributed by atoms with E-state index in [4.69, 9.17) is 9.47 Å². The standard InChI is InChI=1S/C15H23N3O3/c1-18-7-4-13(5-8-18)17-15(19)12-3-6-16-14(11-12)21-10-9-20-2/h3,6,11,13H,4-5,7-10H2,1-2H3,(H,17,19). The number of nitrogens with zero attached hydrogens (tertiary/aromatic N) is 2. The second-order valence-corrected chi connectivity index (χ2v) is 5.28. The quantitative estimate of drug-likeness (QED) is 0.791. The van der Waals surface area contributed by atoms with E-state index in [0.717, 1.165) is 25.9 Å². The van der Waals surface area contributed by atoms with Crippen molar-refractivity contribution < 1.29 is 14.3 Å². The number of carbonyl (C=O) groups is 1. The lowest BCUT2D eigenvalue weighted by Crippen LogP contribution is -2.43. The molecule has 1 N–H and O–H groups in total. The normalized spacial score (nSPS) is 16.7. The summed E-state index contributed by atoms with van der Waals surface area (Å²) in [6.07, 6.45) is 3.57. The maximum absolute atomic E-state index is 12.2. The summed E-state index contributed by atoms with van der Waals surface area (Å²) >= 11 is 0. The van der Waals surface area contributed by atoms with E-state index in [1.165, 1.54) is 0 Å². The second kappa shape index (κ2) is 7.95. The fourth-order valence-corrected chi connectivity index (χ4v) is 2.28. The van der Waals surface area contributed by atoms with Crippen LogP contribution in [-0.2, 0) is 4.74 Å². The van der Waals surface area contributed by atoms with Gasteiger partial charge in [0.1, 0.15) is 6.61 Å². The number of rotatable bonds is 6. The van der Waals surface area contributed by atoms with Crippen LogP contribution in [0.4, 0.5) is 0 Å². The molecule has 2 rings (SSSR count). The molecule has 0 aromatic carbocycles. The summed E-state index contributed by atoms with van der Waals surface area (Å²) in [6.45, 7) is 2.95. The molecule has 0 unspecified atom stereocenters. The summed E-state index contributed by atoms with van der Waals surface area (Å²) in [5, 5.41) is 3.08. The predicted octanol–water partition coefficient (Wildman–Crippen LogP) is 0.931. The molecule has 1 aromatic heterocycles. The molecule has 0 atom stereocenters. The third-order valence-corrected chi connectivity index (χ3v) is 3.59. The zero-order valence-corrected chi connectivity index (χ0v) is 12.7. The molecule has 1 aromatic rings. The van der Waals surface area contributed by atoms with Crippen LogP contribution in [0.2, 0.25) is 0 Å². The van der Waals surface area contributed by atoms with E-state index < -0.39 is 0 Å². The molecule has 1 amide bonds. The first-order valence-electron chi connectivity index (χ1n) is 7.26. The van der Waals surface area contributed by atoms with Gasteiger partial charge in [0.05, 0.1) is 6.61 Å². The van der Waals surface area contributed by atoms with Gasteiger partial charge < -0.3 is 19.7 Å². The van der Waals surface area contributed by atoms with E-state index in [-0.39, 0.29) is 11.9 Å². The van der Waals surface area contributed by atoms with E-state index in [2.05, 4.69) is 22.2 Å². The first-order valence-corrected chi connectivity index (χ1v) is 7.26. The number of nitrogens with one attached hydrogen (secondary N) is 1. The molecule has 6 nitrogen and oxygen atoms in total. The van der Waals surface area contributed by atoms with Crippen molar-refractivity contribution >= 4 is 5.91 Å². The Labute approximate surface area is 125 Å². The molecule has 2 heterocycles. The Morgan fingerprint density at radius 3 is 2.90 bits per heavy atom. The van der Waals surface area contributed by atoms with Gasteiger partial charge in [-0.2, -0.15) is 0 Å². The fraction of sp³-hybridized carbons (Fsp3) is 0.600. The Kier molecular flexibility index (Phi) is 5.95. The molecule has 0 bridgehead atoms. The van der Waals surface area contributed by atoms with Gasteiger partial charge >= 0.3 is 0 Å². The van der Waals surface area contributed by atoms with Crippen LogP contribution in [-0.4, -0.2) is 62.3 Å². The second-order valence-electron chi connectivity index (χ2n) is 5.28. The maximum Gasteiger partial charge on any atom is 0.251 e. The monoisotopic (exact) mass is 293 g/mol. The number of hydrogen-bond acceptors (Lipinski definition) is 5. The average molecular weight is 293 g/mol. The molecule has 6 heteroatoms. The molecule has 1 fully saturated rings. The minimum atomic E-state index is -0.0662. The van der Waals surface area contributed by atoms with E-state index in [9.17, 15) is 4.79 Å². The van der Waals surface area contributed by atoms with Crippen molar-refractivity contribution in [2.75, 3.05) is 40.5 Å². The zero-order valence-electron chi connectivity index (χ0n) is 12.7. The first-order chi connectivity index (χ1) is 10.2. The van der Waals surface area contributed by atoms with E-state index in [1.54, 1.807) is 25.4 Å². The lowest BCUT2D eigenvalue weighted by molar-refractivity contribution is 0.0916. The van der Waals surface area contributed by atoms with Crippen LogP contribution in [0.15, 0.2) is 18.3 Å². The Morgan fingerprint density at radius 1 is 1.43 bits per heavy atom. The van der Waals surface area contributed by atoms with Gasteiger partial charge in [-0.3, -0.25) is 4.79 Å². The highest BCUT2D eigenvalue weighted by Crippen LogP contribution is 2.12. The third kappa shape index (κ3) is 4.99. The van der Waals surface area contributed by atoms with Gasteiger partial charge in [-0.15, -0.1) is 0 Å². The SMILES string of the molecule is COCCOc1cc(C(=O)NC2CCN(C)CC2)ccn1. The number of pyridine rings is 1. The van der Waals surface area contributed by atoms with Crippen molar-refractivity contribution in [3.05, 3.63) is 23.9 Å². The van der Waals surface area contributed by atoms with Crippen molar-refractivity contribution in [1.82, 2.24) is 15.2 Å². The smallest absolute Gasteiger partial charge is 0.251 e. The summed E-state index contributed by atoms with van der Waals surface area (Å²) in [7, 11) is 3.72. The fourth-order valence-electron chi connectivity index (χ4n) is 2.28. The number of methoxy groups -OCH3 is 1. The first kappa shape index (κ1) is 15.7. The van der Waals surface area contributed by atoms with Crippen LogP contribution < -0.4 is 10.1 Å². The van der Waals surface area contributed by atoms with Crippen molar-refractivity contribution in [1.29, 1.82) is 0 Å². The van der Waals surface area contributed by atoms with Crippen molar-refractivity contribution in [3.8, 4) is 5.88 Å². The molecular formula is C15H23N3O3. The van der Waals surface area contributed by atoms with Gasteiger partial charge in [-0.05, 0) is 39.0 Å². The minimum absolute atomic E-state index is 0.0662. The van der Waals surface area contributed by atoms with Crippen LogP contribution >= 0.6 is 0 Å². The average Bonchev–Trinajstić information content (AvgIpc) is 2.50. The lowest BCUT2D eigenvalue weighted by Gasteiger charge is -2.29. The van der Waals surface area contributed by atoms with Gasteiger partial charge in [-0.25, -0.2) is 4.98 Å². The Bertz CT molecular complexity index is 459. The molecule has 21 heavy (non-hydrogen) atoms. The van der Waals surface area contributed by atoms with Crippen LogP contribution in [0.25, 0.3) is 0 Å². The summed E-state index contributed by atoms with van der Waals surface area (Å²) in [5.41, 5.74) is 0.580. The predicted molar refractivity (Wildman–Crippen MR) is 79.6 cm³/mol. The van der Waals surface area contributed by atoms with Crippen LogP contribution in [0.3, 0.4) is 0 Å². The summed E-state index contributed by atoms with van der Waals surface area (Å²) in [6, 6.07) is 3.62. The largest absolute Gasteiger partial charge is 0.475 e. The number of piperidine rings is 1. The van der Waals surface area contributed by atoms with Gasteiger partial charge in [0, 0.05) is 31.0 Å². The Hall–Kier alpha value is -1.66. The molecule has 0 saturated carbocycles. The van der Waals surface area contributed by atoms with Gasteiger partial charge in [0.25, 0.3) is 5.91 Å². The maximum atomic E-state index is 12.2. The number of ether oxygens (including phenoxy) is 2. The highest BCUT2D eigenvalue weighted by atomic mass is 16.5. The van der Waals surface area contributed by atoms with E-state index >= 15 is 0 Å². The van der Waals surface area contributed by atoms with Crippen molar-refractivity contribution in [2.45, 2.75) is 18.9 Å². The topological polar surface area (TPSA) is 63.7 Å². The van der Waals surface area contributed by atoms with Gasteiger partial charge in [-0.1, -0.05) is 0 Å². The van der Waals surface area contributed by atoms with E-state index in [1.807, 2.05) is 0 Å². The zero-order chi connectivity index (χ0) is 15.1. The highest BCUT2D eigenvalue weighted by Gasteiger charge is 2.19. The third-order valence-electron chi connectivity index (χ3n) is 3.59. The summed E-state index contributed by atoms with van der Waals surface area (Å²) in [5.74, 6) is 0.381. The number of amides is 1. The Morgan fingerprint density at radius 2 is 2.19 bits per heavy atom. The summed E-state index contributed by atoms with van der Waals surface area (Å²) in [4.78, 5) is 18.6. The summed E-state index contributed by atoms with van der Waals surface area (Å²) < 4.78 is 10.3. The van der Waals surface area contributed by atoms with Crippen molar-refractivity contribution in [2.24, 2.45) is 0 Å². The van der Waals surface area contributed by atoms with Crippen LogP contribution in [0.1, 0.15) is 23.2 Å². The molecule has 1 aliphatic heterocycles. The van der Waals surface area contributed by atoms with E-state index in [0.29, 0.717) is 24.7 Å². The van der Waals surface area contributed by atoms with Gasteiger partial charge in [0.2, 0.25) is 5.88 Å². The number of likely N-dealkylation sites (tertiary alicyclic amines) is 1. The van der Waals surface area contributed by atoms with Crippen LogP contribution in [0.5, 0.6) is 5.88 Å². The highest BCUT2D eigenvalue weighted by molar-refractivity contribution is 5.94. The van der Waals surface area contributed by atoms with Gasteiger partial charge in [0.15, 0.2) is 0 Å². The molecule has 1 aliphatic rings. The number of hydrogen-bond donors (Lipinski definition) is 1. The number of aromatic nitrogens is 1. The molecule has 0 radical (unpaired) electrons. The molecule has 0 spiro atoms. The molecular weight excluding hydrogens is 270 g/mol. The molecule has 116 valence electrons.